The summed E-state index contributed by atoms with van der Waals surface area (Å²) in [6.45, 7) is 4.66. The molecule has 0 spiro atoms. The van der Waals surface area contributed by atoms with Gasteiger partial charge in [0.25, 0.3) is 0 Å². The molecule has 3 rings (SSSR count). The van der Waals surface area contributed by atoms with E-state index in [9.17, 15) is 0 Å². The third-order valence-electron chi connectivity index (χ3n) is 4.60. The molecule has 1 heteroatoms. The van der Waals surface area contributed by atoms with E-state index in [2.05, 4.69) is 97.7 Å². The summed E-state index contributed by atoms with van der Waals surface area (Å²) in [5, 5.41) is 0. The van der Waals surface area contributed by atoms with E-state index in [-0.39, 0.29) is 0 Å². The molecule has 0 saturated heterocycles. The Kier molecular flexibility index (Phi) is 4.10. The van der Waals surface area contributed by atoms with Gasteiger partial charge in [0.05, 0.1) is 0 Å². The lowest BCUT2D eigenvalue weighted by Crippen LogP contribution is -2.46. The summed E-state index contributed by atoms with van der Waals surface area (Å²) >= 11 is 0. The second-order valence-corrected chi connectivity index (χ2v) is 5.92. The highest BCUT2D eigenvalue weighted by Crippen LogP contribution is 2.30. The van der Waals surface area contributed by atoms with Gasteiger partial charge in [-0.15, -0.1) is 0 Å². The van der Waals surface area contributed by atoms with Crippen molar-refractivity contribution in [3.8, 4) is 0 Å². The first-order valence-corrected chi connectivity index (χ1v) is 7.81. The minimum atomic E-state index is 0.444. The Hall–Kier alpha value is -2.02. The van der Waals surface area contributed by atoms with Crippen molar-refractivity contribution >= 4 is 5.69 Å². The fourth-order valence-corrected chi connectivity index (χ4v) is 3.35. The summed E-state index contributed by atoms with van der Waals surface area (Å²) in [5.74, 6) is 0.976. The largest absolute Gasteiger partial charge is 0.364 e. The smallest absolute Gasteiger partial charge is 0.0371 e. The molecule has 2 atom stereocenters. The highest BCUT2D eigenvalue weighted by atomic mass is 15.2. The van der Waals surface area contributed by atoms with E-state index in [1.165, 1.54) is 5.69 Å². The molecule has 0 bridgehead atoms. The van der Waals surface area contributed by atoms with Crippen molar-refractivity contribution in [2.45, 2.75) is 25.9 Å². The maximum Gasteiger partial charge on any atom is 0.0371 e. The Morgan fingerprint density at radius 3 is 1.57 bits per heavy atom. The summed E-state index contributed by atoms with van der Waals surface area (Å²) in [6.07, 6.45) is 17.8. The van der Waals surface area contributed by atoms with Crippen LogP contribution in [0.3, 0.4) is 0 Å². The monoisotopic (exact) mass is 277 g/mol. The van der Waals surface area contributed by atoms with Crippen molar-refractivity contribution in [2.24, 2.45) is 11.8 Å². The van der Waals surface area contributed by atoms with Gasteiger partial charge in [0.15, 0.2) is 0 Å². The van der Waals surface area contributed by atoms with Crippen molar-refractivity contribution < 1.29 is 0 Å². The second kappa shape index (κ2) is 6.17. The van der Waals surface area contributed by atoms with Crippen LogP contribution < -0.4 is 4.90 Å². The molecule has 1 aromatic carbocycles. The molecule has 2 unspecified atom stereocenters. The standard InChI is InChI=1S/C20H23N/c1-16(18-10-6-7-11-18)21(20-14-4-3-5-15-20)17(2)19-12-8-9-13-19/h3-19H,1-2H3. The Morgan fingerprint density at radius 1 is 0.714 bits per heavy atom. The maximum absolute atomic E-state index is 2.56. The SMILES string of the molecule is CC(C1C=CC=C1)N(c1ccccc1)C(C)C1C=CC=C1. The van der Waals surface area contributed by atoms with Crippen LogP contribution in [0.2, 0.25) is 0 Å². The maximum atomic E-state index is 2.56. The van der Waals surface area contributed by atoms with Gasteiger partial charge in [-0.25, -0.2) is 0 Å². The third kappa shape index (κ3) is 2.87. The van der Waals surface area contributed by atoms with Crippen LogP contribution in [0.4, 0.5) is 5.69 Å². The molecule has 0 N–H and O–H groups in total. The van der Waals surface area contributed by atoms with Crippen molar-refractivity contribution in [1.82, 2.24) is 0 Å². The minimum absolute atomic E-state index is 0.444. The fourth-order valence-electron chi connectivity index (χ4n) is 3.35. The van der Waals surface area contributed by atoms with Crippen LogP contribution in [0.15, 0.2) is 78.9 Å². The lowest BCUT2D eigenvalue weighted by molar-refractivity contribution is 0.471. The summed E-state index contributed by atoms with van der Waals surface area (Å²) in [6, 6.07) is 11.7. The van der Waals surface area contributed by atoms with E-state index in [0.29, 0.717) is 23.9 Å². The van der Waals surface area contributed by atoms with Gasteiger partial charge < -0.3 is 4.90 Å². The lowest BCUT2D eigenvalue weighted by Gasteiger charge is -2.40. The molecule has 108 valence electrons. The van der Waals surface area contributed by atoms with Crippen molar-refractivity contribution in [3.05, 3.63) is 78.9 Å². The number of para-hydroxylation sites is 1. The van der Waals surface area contributed by atoms with Gasteiger partial charge in [-0.1, -0.05) is 66.8 Å². The average molecular weight is 277 g/mol. The zero-order valence-corrected chi connectivity index (χ0v) is 12.8. The zero-order valence-electron chi connectivity index (χ0n) is 12.8. The number of anilines is 1. The molecular weight excluding hydrogens is 254 g/mol. The molecule has 0 radical (unpaired) electrons. The summed E-state index contributed by atoms with van der Waals surface area (Å²) < 4.78 is 0. The van der Waals surface area contributed by atoms with Gasteiger partial charge in [0.2, 0.25) is 0 Å². The third-order valence-corrected chi connectivity index (χ3v) is 4.60. The number of rotatable bonds is 5. The van der Waals surface area contributed by atoms with Crippen LogP contribution in [0.25, 0.3) is 0 Å². The summed E-state index contributed by atoms with van der Waals surface area (Å²) in [5.41, 5.74) is 1.31. The first-order valence-electron chi connectivity index (χ1n) is 7.81. The van der Waals surface area contributed by atoms with Crippen LogP contribution >= 0.6 is 0 Å². The van der Waals surface area contributed by atoms with E-state index in [1.807, 2.05) is 0 Å². The molecular formula is C20H23N. The Morgan fingerprint density at radius 2 is 1.14 bits per heavy atom. The molecule has 1 nitrogen and oxygen atoms in total. The highest BCUT2D eigenvalue weighted by molar-refractivity contribution is 5.50. The van der Waals surface area contributed by atoms with E-state index in [4.69, 9.17) is 0 Å². The van der Waals surface area contributed by atoms with Crippen molar-refractivity contribution in [2.75, 3.05) is 4.90 Å². The average Bonchev–Trinajstić information content (AvgIpc) is 3.22. The quantitative estimate of drug-likeness (QED) is 0.750. The van der Waals surface area contributed by atoms with E-state index >= 15 is 0 Å². The molecule has 1 aromatic rings. The Bertz CT molecular complexity index is 521. The fraction of sp³-hybridized carbons (Fsp3) is 0.300. The lowest BCUT2D eigenvalue weighted by atomic mass is 9.94. The summed E-state index contributed by atoms with van der Waals surface area (Å²) in [4.78, 5) is 2.56. The molecule has 0 saturated carbocycles. The number of nitrogens with zero attached hydrogens (tertiary/aromatic N) is 1. The van der Waals surface area contributed by atoms with Gasteiger partial charge in [-0.2, -0.15) is 0 Å². The predicted octanol–water partition coefficient (Wildman–Crippen LogP) is 4.75. The second-order valence-electron chi connectivity index (χ2n) is 5.92. The van der Waals surface area contributed by atoms with Crippen LogP contribution in [0.1, 0.15) is 13.8 Å². The number of allylic oxidation sites excluding steroid dienone is 4. The van der Waals surface area contributed by atoms with Gasteiger partial charge in [-0.05, 0) is 26.0 Å². The van der Waals surface area contributed by atoms with Gasteiger partial charge >= 0.3 is 0 Å². The van der Waals surface area contributed by atoms with Gasteiger partial charge in [0, 0.05) is 29.6 Å². The van der Waals surface area contributed by atoms with Gasteiger partial charge in [0.1, 0.15) is 0 Å². The topological polar surface area (TPSA) is 3.24 Å². The first-order chi connectivity index (χ1) is 10.3. The van der Waals surface area contributed by atoms with E-state index < -0.39 is 0 Å². The molecule has 0 amide bonds. The number of hydrogen-bond donors (Lipinski definition) is 0. The molecule has 0 aromatic heterocycles. The minimum Gasteiger partial charge on any atom is -0.364 e. The molecule has 0 heterocycles. The first kappa shape index (κ1) is 13.9. The van der Waals surface area contributed by atoms with Crippen molar-refractivity contribution in [3.63, 3.8) is 0 Å². The van der Waals surface area contributed by atoms with E-state index in [0.717, 1.165) is 0 Å². The number of benzene rings is 1. The van der Waals surface area contributed by atoms with Crippen molar-refractivity contribution in [1.29, 1.82) is 0 Å². The molecule has 2 aliphatic carbocycles. The normalized spacial score (nSPS) is 20.3. The van der Waals surface area contributed by atoms with Crippen LogP contribution in [0.5, 0.6) is 0 Å². The highest BCUT2D eigenvalue weighted by Gasteiger charge is 2.29. The van der Waals surface area contributed by atoms with Gasteiger partial charge in [-0.3, -0.25) is 0 Å². The number of hydrogen-bond acceptors (Lipinski definition) is 1. The Labute approximate surface area is 128 Å². The van der Waals surface area contributed by atoms with Crippen LogP contribution in [0, 0.1) is 11.8 Å². The zero-order chi connectivity index (χ0) is 14.7. The van der Waals surface area contributed by atoms with Crippen LogP contribution in [-0.2, 0) is 0 Å². The molecule has 0 aliphatic heterocycles. The van der Waals surface area contributed by atoms with E-state index in [1.54, 1.807) is 0 Å². The summed E-state index contributed by atoms with van der Waals surface area (Å²) in [7, 11) is 0. The molecule has 2 aliphatic rings. The molecule has 0 fully saturated rings. The Balaban J connectivity index is 1.90. The molecule has 21 heavy (non-hydrogen) atoms. The van der Waals surface area contributed by atoms with Crippen LogP contribution in [-0.4, -0.2) is 12.1 Å². The predicted molar refractivity (Wildman–Crippen MR) is 91.4 cm³/mol.